The van der Waals surface area contributed by atoms with Gasteiger partial charge in [0, 0.05) is 13.1 Å². The van der Waals surface area contributed by atoms with Crippen LogP contribution in [0.4, 0.5) is 0 Å². The Hall–Kier alpha value is -1.75. The summed E-state index contributed by atoms with van der Waals surface area (Å²) >= 11 is 0. The summed E-state index contributed by atoms with van der Waals surface area (Å²) in [6, 6.07) is 5.38. The molecule has 1 aromatic rings. The van der Waals surface area contributed by atoms with Crippen LogP contribution < -0.4 is 9.47 Å². The smallest absolute Gasteiger partial charge is 0.257 e. The number of carbonyl (C=O) groups excluding carboxylic acids is 1. The number of rotatable bonds is 1. The second-order valence-electron chi connectivity index (χ2n) is 5.62. The van der Waals surface area contributed by atoms with Crippen LogP contribution in [0.1, 0.15) is 30.1 Å². The molecule has 0 bridgehead atoms. The molecule has 0 aromatic heterocycles. The number of carbonyl (C=O) groups is 1. The first-order valence-corrected chi connectivity index (χ1v) is 6.97. The van der Waals surface area contributed by atoms with E-state index in [1.165, 1.54) is 0 Å². The van der Waals surface area contributed by atoms with Gasteiger partial charge in [-0.05, 0) is 31.9 Å². The van der Waals surface area contributed by atoms with E-state index in [2.05, 4.69) is 0 Å². The van der Waals surface area contributed by atoms with Gasteiger partial charge in [-0.3, -0.25) is 4.79 Å². The summed E-state index contributed by atoms with van der Waals surface area (Å²) in [5.41, 5.74) is -0.115. The number of para-hydroxylation sites is 1. The van der Waals surface area contributed by atoms with Gasteiger partial charge in [-0.15, -0.1) is 0 Å². The molecule has 0 spiro atoms. The molecule has 3 rings (SSSR count). The van der Waals surface area contributed by atoms with Gasteiger partial charge in [0.15, 0.2) is 11.5 Å². The quantitative estimate of drug-likeness (QED) is 0.844. The maximum atomic E-state index is 12.6. The zero-order chi connectivity index (χ0) is 14.2. The lowest BCUT2D eigenvalue weighted by Gasteiger charge is -2.36. The number of hydrogen-bond acceptors (Lipinski definition) is 4. The van der Waals surface area contributed by atoms with Gasteiger partial charge >= 0.3 is 0 Å². The Morgan fingerprint density at radius 3 is 2.70 bits per heavy atom. The lowest BCUT2D eigenvalue weighted by atomic mass is 9.93. The average Bonchev–Trinajstić information content (AvgIpc) is 2.46. The van der Waals surface area contributed by atoms with Gasteiger partial charge in [0.2, 0.25) is 0 Å². The van der Waals surface area contributed by atoms with Crippen LogP contribution in [0.2, 0.25) is 0 Å². The number of likely N-dealkylation sites (tertiary alicyclic amines) is 1. The predicted molar refractivity (Wildman–Crippen MR) is 73.2 cm³/mol. The predicted octanol–water partition coefficient (Wildman–Crippen LogP) is 1.44. The minimum Gasteiger partial charge on any atom is -0.486 e. The molecule has 2 heterocycles. The largest absolute Gasteiger partial charge is 0.486 e. The minimum absolute atomic E-state index is 0.0529. The van der Waals surface area contributed by atoms with E-state index in [-0.39, 0.29) is 5.91 Å². The fraction of sp³-hybridized carbons (Fsp3) is 0.533. The van der Waals surface area contributed by atoms with Crippen molar-refractivity contribution < 1.29 is 19.4 Å². The molecule has 2 aliphatic heterocycles. The van der Waals surface area contributed by atoms with Gasteiger partial charge in [0.05, 0.1) is 11.2 Å². The van der Waals surface area contributed by atoms with Crippen LogP contribution in [0.15, 0.2) is 18.2 Å². The normalized spacial score (nSPS) is 20.6. The van der Waals surface area contributed by atoms with Crippen LogP contribution in [0.3, 0.4) is 0 Å². The van der Waals surface area contributed by atoms with Gasteiger partial charge in [-0.2, -0.15) is 0 Å². The summed E-state index contributed by atoms with van der Waals surface area (Å²) in [5.74, 6) is 1.12. The number of hydrogen-bond donors (Lipinski definition) is 1. The van der Waals surface area contributed by atoms with Crippen LogP contribution in [-0.4, -0.2) is 47.8 Å². The van der Waals surface area contributed by atoms with E-state index < -0.39 is 5.60 Å². The number of ether oxygens (including phenoxy) is 2. The van der Waals surface area contributed by atoms with Crippen molar-refractivity contribution >= 4 is 5.91 Å². The maximum Gasteiger partial charge on any atom is 0.257 e. The Morgan fingerprint density at radius 2 is 1.95 bits per heavy atom. The monoisotopic (exact) mass is 277 g/mol. The highest BCUT2D eigenvalue weighted by molar-refractivity contribution is 5.98. The number of benzene rings is 1. The summed E-state index contributed by atoms with van der Waals surface area (Å²) in [5, 5.41) is 9.95. The van der Waals surface area contributed by atoms with E-state index >= 15 is 0 Å². The van der Waals surface area contributed by atoms with Crippen LogP contribution >= 0.6 is 0 Å². The van der Waals surface area contributed by atoms with Crippen molar-refractivity contribution in [3.63, 3.8) is 0 Å². The Morgan fingerprint density at radius 1 is 1.25 bits per heavy atom. The highest BCUT2D eigenvalue weighted by Crippen LogP contribution is 2.35. The van der Waals surface area contributed by atoms with E-state index in [1.807, 2.05) is 13.0 Å². The molecule has 20 heavy (non-hydrogen) atoms. The molecule has 1 amide bonds. The third kappa shape index (κ3) is 2.45. The van der Waals surface area contributed by atoms with E-state index in [9.17, 15) is 9.90 Å². The Labute approximate surface area is 118 Å². The van der Waals surface area contributed by atoms with E-state index in [4.69, 9.17) is 9.47 Å². The molecule has 0 saturated carbocycles. The number of aliphatic hydroxyl groups is 1. The molecule has 5 nitrogen and oxygen atoms in total. The fourth-order valence-electron chi connectivity index (χ4n) is 2.60. The molecule has 1 N–H and O–H groups in total. The number of fused-ring (bicyclic) bond motifs is 1. The third-order valence-electron chi connectivity index (χ3n) is 3.92. The summed E-state index contributed by atoms with van der Waals surface area (Å²) in [6.07, 6.45) is 1.20. The molecule has 0 unspecified atom stereocenters. The van der Waals surface area contributed by atoms with Crippen molar-refractivity contribution in [2.24, 2.45) is 0 Å². The van der Waals surface area contributed by atoms with Crippen LogP contribution in [-0.2, 0) is 0 Å². The van der Waals surface area contributed by atoms with Crippen molar-refractivity contribution in [2.75, 3.05) is 26.3 Å². The van der Waals surface area contributed by atoms with E-state index in [0.717, 1.165) is 0 Å². The Kier molecular flexibility index (Phi) is 3.30. The van der Waals surface area contributed by atoms with E-state index in [0.29, 0.717) is 56.2 Å². The van der Waals surface area contributed by atoms with Crippen LogP contribution in [0.5, 0.6) is 11.5 Å². The van der Waals surface area contributed by atoms with Crippen LogP contribution in [0, 0.1) is 0 Å². The SMILES string of the molecule is CC1(O)CCN(C(=O)c2cccc3c2OCCO3)CC1. The summed E-state index contributed by atoms with van der Waals surface area (Å²) in [4.78, 5) is 14.4. The van der Waals surface area contributed by atoms with Gasteiger partial charge in [0.1, 0.15) is 13.2 Å². The molecule has 0 aliphatic carbocycles. The molecule has 108 valence electrons. The lowest BCUT2D eigenvalue weighted by Crippen LogP contribution is -2.45. The van der Waals surface area contributed by atoms with Crippen LogP contribution in [0.25, 0.3) is 0 Å². The highest BCUT2D eigenvalue weighted by Gasteiger charge is 2.31. The average molecular weight is 277 g/mol. The first-order valence-electron chi connectivity index (χ1n) is 6.97. The molecular weight excluding hydrogens is 258 g/mol. The first kappa shape index (κ1) is 13.2. The second-order valence-corrected chi connectivity index (χ2v) is 5.62. The topological polar surface area (TPSA) is 59.0 Å². The van der Waals surface area contributed by atoms with Crippen molar-refractivity contribution in [2.45, 2.75) is 25.4 Å². The van der Waals surface area contributed by atoms with Crippen molar-refractivity contribution in [3.8, 4) is 11.5 Å². The fourth-order valence-corrected chi connectivity index (χ4v) is 2.60. The maximum absolute atomic E-state index is 12.6. The summed E-state index contributed by atoms with van der Waals surface area (Å²) in [6.45, 7) is 3.92. The first-order chi connectivity index (χ1) is 9.57. The number of piperidine rings is 1. The second kappa shape index (κ2) is 4.98. The third-order valence-corrected chi connectivity index (χ3v) is 3.92. The minimum atomic E-state index is -0.660. The Balaban J connectivity index is 1.81. The summed E-state index contributed by atoms with van der Waals surface area (Å²) in [7, 11) is 0. The van der Waals surface area contributed by atoms with Crippen molar-refractivity contribution in [3.05, 3.63) is 23.8 Å². The van der Waals surface area contributed by atoms with Gasteiger partial charge in [-0.1, -0.05) is 6.07 Å². The lowest BCUT2D eigenvalue weighted by molar-refractivity contribution is -0.00218. The molecule has 2 aliphatic rings. The van der Waals surface area contributed by atoms with Gasteiger partial charge in [-0.25, -0.2) is 0 Å². The highest BCUT2D eigenvalue weighted by atomic mass is 16.6. The van der Waals surface area contributed by atoms with Gasteiger partial charge < -0.3 is 19.5 Å². The molecule has 1 aromatic carbocycles. The number of amides is 1. The van der Waals surface area contributed by atoms with Crippen molar-refractivity contribution in [1.29, 1.82) is 0 Å². The van der Waals surface area contributed by atoms with E-state index in [1.54, 1.807) is 17.0 Å². The number of nitrogens with zero attached hydrogens (tertiary/aromatic N) is 1. The molecule has 1 fully saturated rings. The Bertz CT molecular complexity index is 517. The molecular formula is C15H19NO4. The van der Waals surface area contributed by atoms with Gasteiger partial charge in [0.25, 0.3) is 5.91 Å². The standard InChI is InChI=1S/C15H19NO4/c1-15(18)5-7-16(8-6-15)14(17)11-3-2-4-12-13(11)20-10-9-19-12/h2-4,18H,5-10H2,1H3. The molecule has 5 heteroatoms. The van der Waals surface area contributed by atoms with Crippen molar-refractivity contribution in [1.82, 2.24) is 4.90 Å². The molecule has 0 atom stereocenters. The summed E-state index contributed by atoms with van der Waals surface area (Å²) < 4.78 is 11.1. The molecule has 1 saturated heterocycles. The molecule has 0 radical (unpaired) electrons. The zero-order valence-corrected chi connectivity index (χ0v) is 11.6. The zero-order valence-electron chi connectivity index (χ0n) is 11.6.